The summed E-state index contributed by atoms with van der Waals surface area (Å²) in [5, 5.41) is 3.07. The van der Waals surface area contributed by atoms with E-state index in [2.05, 4.69) is 15.6 Å². The second-order valence-corrected chi connectivity index (χ2v) is 3.08. The molecule has 0 aromatic rings. The maximum Gasteiger partial charge on any atom is 0.233 e. The minimum Gasteiger partial charge on any atom is -0.318 e. The molecule has 0 aromatic heterocycles. The van der Waals surface area contributed by atoms with E-state index in [-0.39, 0.29) is 5.91 Å². The Morgan fingerprint density at radius 1 is 1.46 bits per heavy atom. The fourth-order valence-corrected chi connectivity index (χ4v) is 0.996. The monoisotopic (exact) mass is 188 g/mol. The number of rotatable bonds is 7. The summed E-state index contributed by atoms with van der Waals surface area (Å²) in [6.07, 6.45) is 1.35. The summed E-state index contributed by atoms with van der Waals surface area (Å²) in [5.74, 6) is 4.85. The molecule has 0 fully saturated rings. The van der Waals surface area contributed by atoms with Gasteiger partial charge in [-0.05, 0) is 27.1 Å². The van der Waals surface area contributed by atoms with Gasteiger partial charge in [-0.3, -0.25) is 10.2 Å². The van der Waals surface area contributed by atoms with Gasteiger partial charge in [-0.25, -0.2) is 5.84 Å². The lowest BCUT2D eigenvalue weighted by atomic mass is 10.3. The lowest BCUT2D eigenvalue weighted by Gasteiger charge is -2.15. The molecule has 0 heterocycles. The number of hydrazine groups is 1. The van der Waals surface area contributed by atoms with E-state index in [1.165, 1.54) is 0 Å². The van der Waals surface area contributed by atoms with Gasteiger partial charge >= 0.3 is 0 Å². The third-order valence-corrected chi connectivity index (χ3v) is 1.85. The van der Waals surface area contributed by atoms with Crippen molar-refractivity contribution in [2.75, 3.05) is 33.7 Å². The zero-order valence-corrected chi connectivity index (χ0v) is 8.47. The van der Waals surface area contributed by atoms with Gasteiger partial charge in [0, 0.05) is 19.5 Å². The number of amides is 1. The topological polar surface area (TPSA) is 70.4 Å². The maximum atomic E-state index is 10.7. The lowest BCUT2D eigenvalue weighted by Crippen LogP contribution is -2.32. The van der Waals surface area contributed by atoms with Crippen molar-refractivity contribution < 1.29 is 4.79 Å². The number of hydrogen-bond acceptors (Lipinski definition) is 4. The molecule has 5 heteroatoms. The molecule has 78 valence electrons. The maximum absolute atomic E-state index is 10.7. The van der Waals surface area contributed by atoms with Crippen LogP contribution in [0, 0.1) is 0 Å². The van der Waals surface area contributed by atoms with Gasteiger partial charge in [0.1, 0.15) is 0 Å². The summed E-state index contributed by atoms with van der Waals surface area (Å²) in [6, 6.07) is 0. The number of nitrogens with two attached hydrogens (primary N) is 1. The van der Waals surface area contributed by atoms with Gasteiger partial charge in [0.15, 0.2) is 0 Å². The smallest absolute Gasteiger partial charge is 0.233 e. The summed E-state index contributed by atoms with van der Waals surface area (Å²) in [7, 11) is 3.97. The molecule has 0 aliphatic heterocycles. The van der Waals surface area contributed by atoms with Crippen molar-refractivity contribution in [1.82, 2.24) is 15.6 Å². The average molecular weight is 188 g/mol. The molecule has 0 aliphatic carbocycles. The van der Waals surface area contributed by atoms with Crippen LogP contribution < -0.4 is 16.6 Å². The predicted molar refractivity (Wildman–Crippen MR) is 53.0 cm³/mol. The van der Waals surface area contributed by atoms with E-state index in [0.29, 0.717) is 6.42 Å². The number of nitrogens with one attached hydrogen (secondary N) is 2. The Morgan fingerprint density at radius 2 is 2.15 bits per heavy atom. The Morgan fingerprint density at radius 3 is 2.69 bits per heavy atom. The van der Waals surface area contributed by atoms with E-state index >= 15 is 0 Å². The van der Waals surface area contributed by atoms with Crippen LogP contribution in [0.1, 0.15) is 12.8 Å². The van der Waals surface area contributed by atoms with E-state index in [1.807, 2.05) is 14.1 Å². The van der Waals surface area contributed by atoms with Gasteiger partial charge < -0.3 is 10.2 Å². The molecule has 13 heavy (non-hydrogen) atoms. The summed E-state index contributed by atoms with van der Waals surface area (Å²) in [5.41, 5.74) is 2.11. The number of carbonyl (C=O) groups is 1. The number of hydrogen-bond donors (Lipinski definition) is 3. The lowest BCUT2D eigenvalue weighted by molar-refractivity contribution is -0.121. The van der Waals surface area contributed by atoms with E-state index < -0.39 is 0 Å². The Labute approximate surface area is 79.6 Å². The molecule has 0 unspecified atom stereocenters. The first-order valence-corrected chi connectivity index (χ1v) is 4.53. The van der Waals surface area contributed by atoms with Crippen LogP contribution >= 0.6 is 0 Å². The highest BCUT2D eigenvalue weighted by atomic mass is 16.2. The standard InChI is InChI=1S/C8H20N4O/c1-10-5-7-12(2)6-3-4-8(13)11-9/h10H,3-7,9H2,1-2H3,(H,11,13). The molecule has 5 nitrogen and oxygen atoms in total. The second-order valence-electron chi connectivity index (χ2n) is 3.08. The highest BCUT2D eigenvalue weighted by Crippen LogP contribution is 1.91. The summed E-state index contributed by atoms with van der Waals surface area (Å²) >= 11 is 0. The van der Waals surface area contributed by atoms with Crippen molar-refractivity contribution in [3.8, 4) is 0 Å². The van der Waals surface area contributed by atoms with Gasteiger partial charge in [0.2, 0.25) is 5.91 Å². The summed E-state index contributed by atoms with van der Waals surface area (Å²) in [6.45, 7) is 2.90. The molecule has 0 aromatic carbocycles. The first-order chi connectivity index (χ1) is 6.20. The van der Waals surface area contributed by atoms with Crippen LogP contribution in [-0.2, 0) is 4.79 Å². The van der Waals surface area contributed by atoms with Gasteiger partial charge in [0.05, 0.1) is 0 Å². The molecule has 0 atom stereocenters. The Hall–Kier alpha value is -0.650. The van der Waals surface area contributed by atoms with Crippen molar-refractivity contribution in [3.63, 3.8) is 0 Å². The molecular weight excluding hydrogens is 168 g/mol. The quantitative estimate of drug-likeness (QED) is 0.270. The normalized spacial score (nSPS) is 10.5. The molecule has 0 saturated carbocycles. The van der Waals surface area contributed by atoms with Crippen molar-refractivity contribution >= 4 is 5.91 Å². The molecule has 0 aliphatic rings. The molecule has 4 N–H and O–H groups in total. The minimum atomic E-state index is -0.0954. The summed E-state index contributed by atoms with van der Waals surface area (Å²) in [4.78, 5) is 12.9. The van der Waals surface area contributed by atoms with E-state index in [4.69, 9.17) is 5.84 Å². The van der Waals surface area contributed by atoms with Crippen molar-refractivity contribution in [1.29, 1.82) is 0 Å². The summed E-state index contributed by atoms with van der Waals surface area (Å²) < 4.78 is 0. The number of carbonyl (C=O) groups excluding carboxylic acids is 1. The first-order valence-electron chi connectivity index (χ1n) is 4.53. The first kappa shape index (κ1) is 12.3. The molecule has 0 bridgehead atoms. The largest absolute Gasteiger partial charge is 0.318 e. The number of likely N-dealkylation sites (N-methyl/N-ethyl adjacent to an activating group) is 2. The molecule has 0 saturated heterocycles. The Balaban J connectivity index is 3.26. The van der Waals surface area contributed by atoms with Crippen LogP contribution in [0.5, 0.6) is 0 Å². The zero-order chi connectivity index (χ0) is 10.1. The van der Waals surface area contributed by atoms with Gasteiger partial charge in [-0.1, -0.05) is 0 Å². The SMILES string of the molecule is CNCCN(C)CCCC(=O)NN. The second kappa shape index (κ2) is 7.97. The highest BCUT2D eigenvalue weighted by Gasteiger charge is 2.00. The van der Waals surface area contributed by atoms with Crippen LogP contribution in [-0.4, -0.2) is 44.5 Å². The third-order valence-electron chi connectivity index (χ3n) is 1.85. The molecule has 0 rings (SSSR count). The van der Waals surface area contributed by atoms with E-state index in [1.54, 1.807) is 0 Å². The average Bonchev–Trinajstić information content (AvgIpc) is 2.14. The molecule has 0 radical (unpaired) electrons. The van der Waals surface area contributed by atoms with E-state index in [9.17, 15) is 4.79 Å². The Bertz CT molecular complexity index is 140. The van der Waals surface area contributed by atoms with Crippen molar-refractivity contribution in [3.05, 3.63) is 0 Å². The zero-order valence-electron chi connectivity index (χ0n) is 8.47. The van der Waals surface area contributed by atoms with Crippen LogP contribution in [0.4, 0.5) is 0 Å². The fourth-order valence-electron chi connectivity index (χ4n) is 0.996. The molecule has 1 amide bonds. The fraction of sp³-hybridized carbons (Fsp3) is 0.875. The molecular formula is C8H20N4O. The van der Waals surface area contributed by atoms with Gasteiger partial charge in [0.25, 0.3) is 0 Å². The van der Waals surface area contributed by atoms with E-state index in [0.717, 1.165) is 26.1 Å². The van der Waals surface area contributed by atoms with Crippen LogP contribution in [0.2, 0.25) is 0 Å². The van der Waals surface area contributed by atoms with Crippen molar-refractivity contribution in [2.45, 2.75) is 12.8 Å². The third kappa shape index (κ3) is 7.70. The van der Waals surface area contributed by atoms with Gasteiger partial charge in [-0.15, -0.1) is 0 Å². The van der Waals surface area contributed by atoms with Crippen LogP contribution in [0.3, 0.4) is 0 Å². The minimum absolute atomic E-state index is 0.0954. The predicted octanol–water partition coefficient (Wildman–Crippen LogP) is -1.09. The van der Waals surface area contributed by atoms with Crippen LogP contribution in [0.15, 0.2) is 0 Å². The number of nitrogens with zero attached hydrogens (tertiary/aromatic N) is 1. The van der Waals surface area contributed by atoms with Gasteiger partial charge in [-0.2, -0.15) is 0 Å². The molecule has 0 spiro atoms. The Kier molecular flexibility index (Phi) is 7.57. The highest BCUT2D eigenvalue weighted by molar-refractivity contribution is 5.75. The van der Waals surface area contributed by atoms with Crippen molar-refractivity contribution in [2.24, 2.45) is 5.84 Å². The van der Waals surface area contributed by atoms with Crippen LogP contribution in [0.25, 0.3) is 0 Å².